The molecule has 0 aliphatic carbocycles. The van der Waals surface area contributed by atoms with Crippen LogP contribution in [0.2, 0.25) is 5.02 Å². The van der Waals surface area contributed by atoms with Crippen LogP contribution >= 0.6 is 24.0 Å². The summed E-state index contributed by atoms with van der Waals surface area (Å²) in [6.45, 7) is 1.63. The maximum Gasteiger partial charge on any atom is 0.283 e. The van der Waals surface area contributed by atoms with Crippen LogP contribution in [0.5, 0.6) is 0 Å². The molecule has 1 aromatic rings. The number of amides is 1. The van der Waals surface area contributed by atoms with Gasteiger partial charge in [-0.05, 0) is 25.5 Å². The molecular formula is C14H19Cl2N3O4. The molecule has 1 fully saturated rings. The Morgan fingerprint density at radius 1 is 1.57 bits per heavy atom. The second kappa shape index (κ2) is 8.44. The summed E-state index contributed by atoms with van der Waals surface area (Å²) in [7, 11) is 1.60. The average molecular weight is 364 g/mol. The third kappa shape index (κ3) is 4.54. The molecule has 0 spiro atoms. The standard InChI is InChI=1S/C14H18ClN3O4.ClH/c1-22-9-14(6-3-7-17-14)8-16-13(19)12-10(15)4-2-5-11(12)18(20)21;/h2,4-5,17H,3,6-9H2,1H3,(H,16,19);1H. The van der Waals surface area contributed by atoms with Crippen LogP contribution in [0, 0.1) is 10.1 Å². The molecular weight excluding hydrogens is 345 g/mol. The number of carbonyl (C=O) groups excluding carboxylic acids is 1. The van der Waals surface area contributed by atoms with Crippen LogP contribution < -0.4 is 10.6 Å². The number of benzene rings is 1. The topological polar surface area (TPSA) is 93.5 Å². The van der Waals surface area contributed by atoms with Gasteiger partial charge in [0.05, 0.1) is 22.1 Å². The first-order chi connectivity index (χ1) is 10.5. The largest absolute Gasteiger partial charge is 0.383 e. The lowest BCUT2D eigenvalue weighted by Gasteiger charge is -2.29. The predicted molar refractivity (Wildman–Crippen MR) is 89.5 cm³/mol. The first-order valence-electron chi connectivity index (χ1n) is 6.94. The van der Waals surface area contributed by atoms with Gasteiger partial charge < -0.3 is 15.4 Å². The summed E-state index contributed by atoms with van der Waals surface area (Å²) in [6.07, 6.45) is 1.86. The third-order valence-electron chi connectivity index (χ3n) is 3.76. The molecule has 1 unspecified atom stereocenters. The molecule has 0 bridgehead atoms. The molecule has 9 heteroatoms. The number of hydrogen-bond donors (Lipinski definition) is 2. The maximum atomic E-state index is 12.3. The van der Waals surface area contributed by atoms with E-state index in [-0.39, 0.29) is 34.2 Å². The summed E-state index contributed by atoms with van der Waals surface area (Å²) in [5.74, 6) is -0.554. The Morgan fingerprint density at radius 2 is 2.30 bits per heavy atom. The van der Waals surface area contributed by atoms with Crippen molar-refractivity contribution in [3.05, 3.63) is 38.9 Å². The predicted octanol–water partition coefficient (Wildman–Crippen LogP) is 2.17. The van der Waals surface area contributed by atoms with Crippen LogP contribution in [0.3, 0.4) is 0 Å². The molecule has 7 nitrogen and oxygen atoms in total. The Morgan fingerprint density at radius 3 is 2.87 bits per heavy atom. The molecule has 1 aliphatic rings. The quantitative estimate of drug-likeness (QED) is 0.596. The monoisotopic (exact) mass is 363 g/mol. The van der Waals surface area contributed by atoms with Gasteiger partial charge in [0.25, 0.3) is 11.6 Å². The van der Waals surface area contributed by atoms with Crippen molar-refractivity contribution in [1.29, 1.82) is 0 Å². The lowest BCUT2D eigenvalue weighted by atomic mass is 9.98. The van der Waals surface area contributed by atoms with Gasteiger partial charge in [0.1, 0.15) is 5.56 Å². The smallest absolute Gasteiger partial charge is 0.283 e. The minimum atomic E-state index is -0.612. The molecule has 23 heavy (non-hydrogen) atoms. The van der Waals surface area contributed by atoms with Crippen molar-refractivity contribution in [2.75, 3.05) is 26.8 Å². The van der Waals surface area contributed by atoms with E-state index < -0.39 is 10.8 Å². The zero-order valence-corrected chi connectivity index (χ0v) is 14.2. The lowest BCUT2D eigenvalue weighted by Crippen LogP contribution is -2.53. The minimum absolute atomic E-state index is 0. The first kappa shape index (κ1) is 19.6. The van der Waals surface area contributed by atoms with Gasteiger partial charge in [-0.25, -0.2) is 0 Å². The number of nitro benzene ring substituents is 1. The Bertz CT molecular complexity index is 577. The molecule has 1 saturated heterocycles. The fourth-order valence-electron chi connectivity index (χ4n) is 2.70. The summed E-state index contributed by atoms with van der Waals surface area (Å²) in [5, 5.41) is 17.2. The van der Waals surface area contributed by atoms with E-state index in [9.17, 15) is 14.9 Å². The van der Waals surface area contributed by atoms with E-state index in [1.165, 1.54) is 18.2 Å². The molecule has 1 heterocycles. The zero-order chi connectivity index (χ0) is 16.2. The Labute approximate surface area is 145 Å². The summed E-state index contributed by atoms with van der Waals surface area (Å²) < 4.78 is 5.20. The fraction of sp³-hybridized carbons (Fsp3) is 0.500. The highest BCUT2D eigenvalue weighted by molar-refractivity contribution is 6.34. The van der Waals surface area contributed by atoms with Crippen LogP contribution in [-0.2, 0) is 4.74 Å². The Hall–Kier alpha value is -1.41. The number of ether oxygens (including phenoxy) is 1. The number of nitrogens with zero attached hydrogens (tertiary/aromatic N) is 1. The number of hydrogen-bond acceptors (Lipinski definition) is 5. The number of halogens is 2. The van der Waals surface area contributed by atoms with E-state index in [4.69, 9.17) is 16.3 Å². The molecule has 1 atom stereocenters. The molecule has 128 valence electrons. The lowest BCUT2D eigenvalue weighted by molar-refractivity contribution is -0.385. The van der Waals surface area contributed by atoms with Gasteiger partial charge >= 0.3 is 0 Å². The number of rotatable bonds is 6. The van der Waals surface area contributed by atoms with E-state index in [0.717, 1.165) is 19.4 Å². The van der Waals surface area contributed by atoms with Crippen molar-refractivity contribution in [3.63, 3.8) is 0 Å². The van der Waals surface area contributed by atoms with Gasteiger partial charge in [-0.15, -0.1) is 12.4 Å². The Kier molecular flexibility index (Phi) is 7.21. The van der Waals surface area contributed by atoms with Gasteiger partial charge in [-0.1, -0.05) is 17.7 Å². The van der Waals surface area contributed by atoms with Gasteiger partial charge in [0, 0.05) is 19.7 Å². The molecule has 2 N–H and O–H groups in total. The molecule has 1 aromatic carbocycles. The Balaban J connectivity index is 0.00000264. The zero-order valence-electron chi connectivity index (χ0n) is 12.6. The molecule has 2 rings (SSSR count). The molecule has 0 saturated carbocycles. The van der Waals surface area contributed by atoms with Crippen molar-refractivity contribution in [2.24, 2.45) is 0 Å². The number of methoxy groups -OCH3 is 1. The van der Waals surface area contributed by atoms with Crippen molar-refractivity contribution in [3.8, 4) is 0 Å². The highest BCUT2D eigenvalue weighted by Crippen LogP contribution is 2.26. The number of carbonyl (C=O) groups is 1. The molecule has 1 amide bonds. The highest BCUT2D eigenvalue weighted by atomic mass is 35.5. The van der Waals surface area contributed by atoms with Gasteiger partial charge in [-0.2, -0.15) is 0 Å². The van der Waals surface area contributed by atoms with E-state index >= 15 is 0 Å². The van der Waals surface area contributed by atoms with Crippen molar-refractivity contribution >= 4 is 35.6 Å². The fourth-order valence-corrected chi connectivity index (χ4v) is 2.95. The second-order valence-electron chi connectivity index (χ2n) is 5.32. The SMILES string of the molecule is COCC1(CNC(=O)c2c(Cl)cccc2[N+](=O)[O-])CCCN1.Cl. The normalized spacial score (nSPS) is 19.9. The summed E-state index contributed by atoms with van der Waals surface area (Å²) in [6, 6.07) is 4.17. The summed E-state index contributed by atoms with van der Waals surface area (Å²) in [4.78, 5) is 22.8. The van der Waals surface area contributed by atoms with Crippen LogP contribution in [-0.4, -0.2) is 43.2 Å². The second-order valence-corrected chi connectivity index (χ2v) is 5.72. The molecule has 0 radical (unpaired) electrons. The minimum Gasteiger partial charge on any atom is -0.383 e. The van der Waals surface area contributed by atoms with Crippen molar-refractivity contribution in [2.45, 2.75) is 18.4 Å². The number of nitrogens with one attached hydrogen (secondary N) is 2. The first-order valence-corrected chi connectivity index (χ1v) is 7.32. The van der Waals surface area contributed by atoms with Gasteiger partial charge in [0.15, 0.2) is 0 Å². The van der Waals surface area contributed by atoms with Crippen LogP contribution in [0.25, 0.3) is 0 Å². The van der Waals surface area contributed by atoms with Crippen molar-refractivity contribution in [1.82, 2.24) is 10.6 Å². The van der Waals surface area contributed by atoms with E-state index in [0.29, 0.717) is 13.2 Å². The van der Waals surface area contributed by atoms with E-state index in [1.54, 1.807) is 7.11 Å². The summed E-state index contributed by atoms with van der Waals surface area (Å²) >= 11 is 5.95. The number of nitro groups is 1. The molecule has 1 aliphatic heterocycles. The van der Waals surface area contributed by atoms with Crippen LogP contribution in [0.15, 0.2) is 18.2 Å². The molecule has 0 aromatic heterocycles. The van der Waals surface area contributed by atoms with E-state index in [2.05, 4.69) is 10.6 Å². The highest BCUT2D eigenvalue weighted by Gasteiger charge is 2.34. The van der Waals surface area contributed by atoms with Crippen molar-refractivity contribution < 1.29 is 14.5 Å². The van der Waals surface area contributed by atoms with E-state index in [1.807, 2.05) is 0 Å². The summed E-state index contributed by atoms with van der Waals surface area (Å²) in [5.41, 5.74) is -0.745. The van der Waals surface area contributed by atoms with Gasteiger partial charge in [-0.3, -0.25) is 14.9 Å². The van der Waals surface area contributed by atoms with Crippen LogP contribution in [0.1, 0.15) is 23.2 Å². The maximum absolute atomic E-state index is 12.3. The average Bonchev–Trinajstić information content (AvgIpc) is 2.94. The van der Waals surface area contributed by atoms with Gasteiger partial charge in [0.2, 0.25) is 0 Å². The van der Waals surface area contributed by atoms with Crippen LogP contribution in [0.4, 0.5) is 5.69 Å². The third-order valence-corrected chi connectivity index (χ3v) is 4.07.